The van der Waals surface area contributed by atoms with Crippen LogP contribution in [0.15, 0.2) is 48.6 Å². The fourth-order valence-electron chi connectivity index (χ4n) is 2.69. The Bertz CT molecular complexity index is 350. The summed E-state index contributed by atoms with van der Waals surface area (Å²) in [6.07, 6.45) is 17.1. The zero-order chi connectivity index (χ0) is 9.65. The monoisotopic (exact) mass is 204 g/mol. The average Bonchev–Trinajstić information content (AvgIpc) is 2.48. The smallest absolute Gasteiger partial charge is 0.0373 e. The number of hydrogen-bond donors (Lipinski definition) is 0. The van der Waals surface area contributed by atoms with Crippen molar-refractivity contribution < 1.29 is 4.21 Å². The van der Waals surface area contributed by atoms with E-state index in [1.807, 2.05) is 0 Å². The first kappa shape index (κ1) is 8.42. The van der Waals surface area contributed by atoms with Crippen molar-refractivity contribution in [3.63, 3.8) is 0 Å². The molecule has 0 aromatic rings. The molecule has 0 bridgehead atoms. The highest BCUT2D eigenvalue weighted by Gasteiger charge is 2.53. The van der Waals surface area contributed by atoms with Gasteiger partial charge in [0.05, 0.1) is 0 Å². The lowest BCUT2D eigenvalue weighted by atomic mass is 9.61. The fraction of sp³-hybridized carbons (Fsp3) is 0.333. The fourth-order valence-corrected chi connectivity index (χ4v) is 4.78. The summed E-state index contributed by atoms with van der Waals surface area (Å²) in [7, 11) is -0.686. The molecule has 0 spiro atoms. The van der Waals surface area contributed by atoms with Crippen LogP contribution in [-0.2, 0) is 10.8 Å². The van der Waals surface area contributed by atoms with Crippen LogP contribution in [0.25, 0.3) is 0 Å². The van der Waals surface area contributed by atoms with Crippen molar-refractivity contribution in [3.05, 3.63) is 48.6 Å². The Kier molecular flexibility index (Phi) is 1.55. The van der Waals surface area contributed by atoms with Gasteiger partial charge in [0.2, 0.25) is 0 Å². The number of allylic oxidation sites excluding steroid dienone is 8. The van der Waals surface area contributed by atoms with Crippen LogP contribution >= 0.6 is 0 Å². The second-order valence-electron chi connectivity index (χ2n) is 4.25. The highest BCUT2D eigenvalue weighted by atomic mass is 32.2. The first-order chi connectivity index (χ1) is 6.77. The van der Waals surface area contributed by atoms with E-state index in [1.54, 1.807) is 0 Å². The van der Waals surface area contributed by atoms with Gasteiger partial charge in [-0.25, -0.2) is 0 Å². The van der Waals surface area contributed by atoms with Crippen LogP contribution in [0.1, 0.15) is 0 Å². The molecule has 0 amide bonds. The molecule has 2 heteroatoms. The molecule has 0 radical (unpaired) electrons. The predicted octanol–water partition coefficient (Wildman–Crippen LogP) is 1.97. The van der Waals surface area contributed by atoms with Crippen LogP contribution < -0.4 is 0 Å². The maximum Gasteiger partial charge on any atom is 0.0373 e. The van der Waals surface area contributed by atoms with Gasteiger partial charge in [0.25, 0.3) is 0 Å². The van der Waals surface area contributed by atoms with E-state index in [9.17, 15) is 4.21 Å². The molecule has 1 heterocycles. The third kappa shape index (κ3) is 0.871. The van der Waals surface area contributed by atoms with Crippen LogP contribution in [0.3, 0.4) is 0 Å². The molecule has 0 aromatic heterocycles. The van der Waals surface area contributed by atoms with Crippen LogP contribution in [-0.4, -0.2) is 15.7 Å². The Balaban J connectivity index is 2.23. The molecule has 1 fully saturated rings. The summed E-state index contributed by atoms with van der Waals surface area (Å²) in [5.41, 5.74) is 0.00270. The van der Waals surface area contributed by atoms with Gasteiger partial charge in [-0.15, -0.1) is 0 Å². The first-order valence-corrected chi connectivity index (χ1v) is 6.34. The van der Waals surface area contributed by atoms with E-state index >= 15 is 0 Å². The largest absolute Gasteiger partial charge is 0.259 e. The van der Waals surface area contributed by atoms with E-state index in [0.29, 0.717) is 0 Å². The molecule has 0 N–H and O–H groups in total. The van der Waals surface area contributed by atoms with Crippen molar-refractivity contribution in [1.82, 2.24) is 0 Å². The van der Waals surface area contributed by atoms with Gasteiger partial charge in [-0.3, -0.25) is 4.21 Å². The molecule has 1 saturated heterocycles. The summed E-state index contributed by atoms with van der Waals surface area (Å²) in [6.45, 7) is 0. The second-order valence-corrected chi connectivity index (χ2v) is 5.70. The highest BCUT2D eigenvalue weighted by Crippen LogP contribution is 2.53. The Hall–Kier alpha value is -0.890. The van der Waals surface area contributed by atoms with E-state index in [0.717, 1.165) is 11.5 Å². The lowest BCUT2D eigenvalue weighted by Gasteiger charge is -2.40. The summed E-state index contributed by atoms with van der Waals surface area (Å²) in [6, 6.07) is 0. The topological polar surface area (TPSA) is 17.1 Å². The normalized spacial score (nSPS) is 47.9. The third-order valence-corrected chi connectivity index (χ3v) is 5.06. The Morgan fingerprint density at radius 2 is 1.14 bits per heavy atom. The molecule has 3 aliphatic rings. The minimum atomic E-state index is -0.686. The Labute approximate surface area is 86.4 Å². The molecule has 1 aliphatic heterocycles. The maximum absolute atomic E-state index is 11.7. The summed E-state index contributed by atoms with van der Waals surface area (Å²) < 4.78 is 11.7. The van der Waals surface area contributed by atoms with Gasteiger partial charge in [0, 0.05) is 33.1 Å². The average molecular weight is 204 g/mol. The SMILES string of the molecule is O=S1CC23C=CC=CC2(C=CC=C3)C1. The molecule has 72 valence electrons. The predicted molar refractivity (Wildman–Crippen MR) is 59.3 cm³/mol. The van der Waals surface area contributed by atoms with Crippen LogP contribution in [0.2, 0.25) is 0 Å². The zero-order valence-electron chi connectivity index (χ0n) is 7.85. The van der Waals surface area contributed by atoms with Gasteiger partial charge in [-0.05, 0) is 0 Å². The number of hydrogen-bond acceptors (Lipinski definition) is 1. The molecule has 0 saturated carbocycles. The van der Waals surface area contributed by atoms with Crippen molar-refractivity contribution in [3.8, 4) is 0 Å². The lowest BCUT2D eigenvalue weighted by Crippen LogP contribution is -2.37. The van der Waals surface area contributed by atoms with E-state index in [2.05, 4.69) is 48.6 Å². The molecule has 1 nitrogen and oxygen atoms in total. The standard InChI is InChI=1S/C12H12OS/c13-14-9-11-5-1-2-6-12(11,10-14)8-4-3-7-11/h1-8H,9-10H2. The number of rotatable bonds is 0. The molecular formula is C12H12OS. The molecule has 2 aliphatic carbocycles. The van der Waals surface area contributed by atoms with Crippen molar-refractivity contribution in [1.29, 1.82) is 0 Å². The van der Waals surface area contributed by atoms with Gasteiger partial charge < -0.3 is 0 Å². The first-order valence-electron chi connectivity index (χ1n) is 4.86. The summed E-state index contributed by atoms with van der Waals surface area (Å²) in [4.78, 5) is 0. The van der Waals surface area contributed by atoms with E-state index < -0.39 is 10.8 Å². The molecule has 3 rings (SSSR count). The van der Waals surface area contributed by atoms with Crippen molar-refractivity contribution in [2.75, 3.05) is 11.5 Å². The summed E-state index contributed by atoms with van der Waals surface area (Å²) >= 11 is 0. The van der Waals surface area contributed by atoms with Crippen LogP contribution in [0, 0.1) is 10.8 Å². The van der Waals surface area contributed by atoms with Gasteiger partial charge >= 0.3 is 0 Å². The molecular weight excluding hydrogens is 192 g/mol. The van der Waals surface area contributed by atoms with Gasteiger partial charge in [-0.2, -0.15) is 0 Å². The van der Waals surface area contributed by atoms with E-state index in [-0.39, 0.29) is 10.8 Å². The van der Waals surface area contributed by atoms with E-state index in [1.165, 1.54) is 0 Å². The van der Waals surface area contributed by atoms with Crippen LogP contribution in [0.4, 0.5) is 0 Å². The minimum absolute atomic E-state index is 0.00135. The summed E-state index contributed by atoms with van der Waals surface area (Å²) in [5.74, 6) is 1.54. The molecule has 0 atom stereocenters. The molecule has 0 aromatic carbocycles. The van der Waals surface area contributed by atoms with E-state index in [4.69, 9.17) is 0 Å². The van der Waals surface area contributed by atoms with Gasteiger partial charge in [-0.1, -0.05) is 48.6 Å². The maximum atomic E-state index is 11.7. The highest BCUT2D eigenvalue weighted by molar-refractivity contribution is 7.85. The molecule has 14 heavy (non-hydrogen) atoms. The Morgan fingerprint density at radius 1 is 0.786 bits per heavy atom. The third-order valence-electron chi connectivity index (χ3n) is 3.46. The zero-order valence-corrected chi connectivity index (χ0v) is 8.67. The van der Waals surface area contributed by atoms with Crippen LogP contribution in [0.5, 0.6) is 0 Å². The summed E-state index contributed by atoms with van der Waals surface area (Å²) in [5, 5.41) is 0. The van der Waals surface area contributed by atoms with Crippen molar-refractivity contribution in [2.24, 2.45) is 10.8 Å². The second kappa shape index (κ2) is 2.57. The lowest BCUT2D eigenvalue weighted by molar-refractivity contribution is 0.341. The van der Waals surface area contributed by atoms with Gasteiger partial charge in [0.15, 0.2) is 0 Å². The Morgan fingerprint density at radius 3 is 1.50 bits per heavy atom. The van der Waals surface area contributed by atoms with Gasteiger partial charge in [0.1, 0.15) is 0 Å². The van der Waals surface area contributed by atoms with Crippen molar-refractivity contribution in [2.45, 2.75) is 0 Å². The quantitative estimate of drug-likeness (QED) is 0.589. The molecule has 0 unspecified atom stereocenters. The van der Waals surface area contributed by atoms with Crippen molar-refractivity contribution >= 4 is 10.8 Å². The minimum Gasteiger partial charge on any atom is -0.259 e.